The number of aromatic nitrogens is 2. The fraction of sp³-hybridized carbons (Fsp3) is 0.500. The number of benzene rings is 1. The summed E-state index contributed by atoms with van der Waals surface area (Å²) in [4.78, 5) is 2.55. The van der Waals surface area contributed by atoms with Gasteiger partial charge in [0.2, 0.25) is 0 Å². The molecule has 6 heteroatoms. The molecule has 0 amide bonds. The van der Waals surface area contributed by atoms with E-state index < -0.39 is 0 Å². The minimum atomic E-state index is -0.199. The second-order valence-electron chi connectivity index (χ2n) is 6.29. The largest absolute Gasteiger partial charge is 0.315 e. The lowest BCUT2D eigenvalue weighted by molar-refractivity contribution is 0.199. The van der Waals surface area contributed by atoms with Crippen LogP contribution in [0.25, 0.3) is 0 Å². The first-order valence-electron chi connectivity index (χ1n) is 8.45. The summed E-state index contributed by atoms with van der Waals surface area (Å²) in [6.07, 6.45) is 6.45. The van der Waals surface area contributed by atoms with Crippen molar-refractivity contribution >= 4 is 12.4 Å². The van der Waals surface area contributed by atoms with Gasteiger partial charge in [0.15, 0.2) is 0 Å². The molecule has 0 aliphatic carbocycles. The molecule has 1 aromatic heterocycles. The summed E-state index contributed by atoms with van der Waals surface area (Å²) in [7, 11) is 0. The number of hydrogen-bond acceptors (Lipinski definition) is 3. The van der Waals surface area contributed by atoms with E-state index in [1.165, 1.54) is 30.5 Å². The van der Waals surface area contributed by atoms with E-state index in [1.54, 1.807) is 0 Å². The van der Waals surface area contributed by atoms with Crippen molar-refractivity contribution in [1.82, 2.24) is 20.0 Å². The first kappa shape index (κ1) is 18.9. The van der Waals surface area contributed by atoms with Gasteiger partial charge in [-0.3, -0.25) is 9.58 Å². The van der Waals surface area contributed by atoms with Gasteiger partial charge < -0.3 is 5.32 Å². The lowest BCUT2D eigenvalue weighted by Crippen LogP contribution is -2.36. The third kappa shape index (κ3) is 5.03. The second kappa shape index (κ2) is 9.16. The van der Waals surface area contributed by atoms with Crippen molar-refractivity contribution in [3.8, 4) is 0 Å². The van der Waals surface area contributed by atoms with E-state index in [2.05, 4.69) is 28.4 Å². The highest BCUT2D eigenvalue weighted by Gasteiger charge is 2.22. The van der Waals surface area contributed by atoms with Gasteiger partial charge in [-0.25, -0.2) is 4.39 Å². The quantitative estimate of drug-likeness (QED) is 0.831. The molecule has 2 aromatic rings. The second-order valence-corrected chi connectivity index (χ2v) is 6.29. The maximum atomic E-state index is 13.0. The lowest BCUT2D eigenvalue weighted by Gasteiger charge is -2.27. The highest BCUT2D eigenvalue weighted by Crippen LogP contribution is 2.14. The van der Waals surface area contributed by atoms with Crippen LogP contribution >= 0.6 is 12.4 Å². The van der Waals surface area contributed by atoms with Crippen LogP contribution in [0, 0.1) is 5.82 Å². The van der Waals surface area contributed by atoms with Crippen LogP contribution in [0.15, 0.2) is 36.7 Å². The first-order chi connectivity index (χ1) is 11.2. The van der Waals surface area contributed by atoms with Gasteiger partial charge in [-0.2, -0.15) is 5.10 Å². The van der Waals surface area contributed by atoms with Gasteiger partial charge in [-0.05, 0) is 43.6 Å². The fourth-order valence-corrected chi connectivity index (χ4v) is 3.21. The van der Waals surface area contributed by atoms with Gasteiger partial charge in [0.1, 0.15) is 5.82 Å². The van der Waals surface area contributed by atoms with E-state index in [4.69, 9.17) is 0 Å². The topological polar surface area (TPSA) is 33.1 Å². The zero-order chi connectivity index (χ0) is 16.1. The van der Waals surface area contributed by atoms with Crippen LogP contribution in [0.2, 0.25) is 0 Å². The summed E-state index contributed by atoms with van der Waals surface area (Å²) < 4.78 is 14.9. The molecule has 0 saturated carbocycles. The molecule has 1 saturated heterocycles. The Balaban J connectivity index is 0.00000208. The smallest absolute Gasteiger partial charge is 0.123 e. The first-order valence-corrected chi connectivity index (χ1v) is 8.45. The van der Waals surface area contributed by atoms with Crippen molar-refractivity contribution < 1.29 is 4.39 Å². The van der Waals surface area contributed by atoms with Gasteiger partial charge in [-0.1, -0.05) is 19.1 Å². The van der Waals surface area contributed by atoms with E-state index in [0.29, 0.717) is 12.6 Å². The number of nitrogens with zero attached hydrogens (tertiary/aromatic N) is 3. The Bertz CT molecular complexity index is 608. The van der Waals surface area contributed by atoms with Crippen molar-refractivity contribution in [3.63, 3.8) is 0 Å². The van der Waals surface area contributed by atoms with Crippen LogP contribution in [0.5, 0.6) is 0 Å². The molecule has 1 fully saturated rings. The van der Waals surface area contributed by atoms with Crippen molar-refractivity contribution in [3.05, 3.63) is 53.6 Å². The Morgan fingerprint density at radius 1 is 1.29 bits per heavy atom. The summed E-state index contributed by atoms with van der Waals surface area (Å²) in [5, 5.41) is 7.90. The Morgan fingerprint density at radius 2 is 2.08 bits per heavy atom. The Kier molecular flexibility index (Phi) is 7.21. The van der Waals surface area contributed by atoms with Crippen LogP contribution in [0.4, 0.5) is 4.39 Å². The molecule has 1 unspecified atom stereocenters. The molecular weight excluding hydrogens is 327 g/mol. The van der Waals surface area contributed by atoms with Gasteiger partial charge in [-0.15, -0.1) is 12.4 Å². The molecule has 1 atom stereocenters. The predicted molar refractivity (Wildman–Crippen MR) is 97.0 cm³/mol. The number of halogens is 2. The molecule has 1 aliphatic heterocycles. The molecule has 0 spiro atoms. The van der Waals surface area contributed by atoms with E-state index in [-0.39, 0.29) is 18.2 Å². The van der Waals surface area contributed by atoms with Crippen LogP contribution in [0.3, 0.4) is 0 Å². The maximum Gasteiger partial charge on any atom is 0.123 e. The summed E-state index contributed by atoms with van der Waals surface area (Å²) in [6.45, 7) is 7.18. The lowest BCUT2D eigenvalue weighted by atomic mass is 10.2. The fourth-order valence-electron chi connectivity index (χ4n) is 3.21. The summed E-state index contributed by atoms with van der Waals surface area (Å²) >= 11 is 0. The Hall–Kier alpha value is -1.43. The zero-order valence-corrected chi connectivity index (χ0v) is 14.9. The SMILES string of the molecule is CCCN(Cc1cnn(Cc2ccc(F)cc2)c1)C1CCNC1.Cl. The molecular formula is C18H26ClFN4. The molecule has 132 valence electrons. The van der Waals surface area contributed by atoms with E-state index >= 15 is 0 Å². The predicted octanol–water partition coefficient (Wildman–Crippen LogP) is 3.07. The van der Waals surface area contributed by atoms with Crippen LogP contribution < -0.4 is 5.32 Å². The van der Waals surface area contributed by atoms with Crippen LogP contribution in [0.1, 0.15) is 30.9 Å². The summed E-state index contributed by atoms with van der Waals surface area (Å²) in [5.74, 6) is -0.199. The van der Waals surface area contributed by atoms with E-state index in [1.807, 2.05) is 23.0 Å². The normalized spacial score (nSPS) is 17.2. The molecule has 24 heavy (non-hydrogen) atoms. The highest BCUT2D eigenvalue weighted by atomic mass is 35.5. The number of rotatable bonds is 7. The monoisotopic (exact) mass is 352 g/mol. The van der Waals surface area contributed by atoms with Crippen molar-refractivity contribution in [2.75, 3.05) is 19.6 Å². The number of nitrogens with one attached hydrogen (secondary N) is 1. The summed E-state index contributed by atoms with van der Waals surface area (Å²) in [6, 6.07) is 7.25. The maximum absolute atomic E-state index is 13.0. The van der Waals surface area contributed by atoms with Crippen molar-refractivity contribution in [2.24, 2.45) is 0 Å². The molecule has 1 N–H and O–H groups in total. The molecule has 0 radical (unpaired) electrons. The average molecular weight is 353 g/mol. The van der Waals surface area contributed by atoms with Gasteiger partial charge in [0, 0.05) is 30.9 Å². The molecule has 1 aliphatic rings. The Labute approximate surface area is 149 Å². The summed E-state index contributed by atoms with van der Waals surface area (Å²) in [5.41, 5.74) is 2.30. The van der Waals surface area contributed by atoms with Crippen LogP contribution in [-0.2, 0) is 13.1 Å². The van der Waals surface area contributed by atoms with Crippen molar-refractivity contribution in [2.45, 2.75) is 38.9 Å². The molecule has 3 rings (SSSR count). The van der Waals surface area contributed by atoms with Crippen molar-refractivity contribution in [1.29, 1.82) is 0 Å². The highest BCUT2D eigenvalue weighted by molar-refractivity contribution is 5.85. The van der Waals surface area contributed by atoms with E-state index in [0.717, 1.165) is 31.7 Å². The number of hydrogen-bond donors (Lipinski definition) is 1. The third-order valence-corrected chi connectivity index (χ3v) is 4.39. The van der Waals surface area contributed by atoms with Crippen LogP contribution in [-0.4, -0.2) is 40.4 Å². The molecule has 4 nitrogen and oxygen atoms in total. The molecule has 1 aromatic carbocycles. The molecule has 2 heterocycles. The van der Waals surface area contributed by atoms with Gasteiger partial charge in [0.25, 0.3) is 0 Å². The zero-order valence-electron chi connectivity index (χ0n) is 14.1. The van der Waals surface area contributed by atoms with Gasteiger partial charge in [0.05, 0.1) is 12.7 Å². The standard InChI is InChI=1S/C18H25FN4.ClH/c1-2-9-22(18-7-8-20-11-18)12-16-10-21-23(14-16)13-15-3-5-17(19)6-4-15;/h3-6,10,14,18,20H,2,7-9,11-13H2,1H3;1H. The average Bonchev–Trinajstić information content (AvgIpc) is 3.21. The minimum Gasteiger partial charge on any atom is -0.315 e. The molecule has 0 bridgehead atoms. The Morgan fingerprint density at radius 3 is 2.75 bits per heavy atom. The van der Waals surface area contributed by atoms with E-state index in [9.17, 15) is 4.39 Å². The van der Waals surface area contributed by atoms with Gasteiger partial charge >= 0.3 is 0 Å². The third-order valence-electron chi connectivity index (χ3n) is 4.39. The minimum absolute atomic E-state index is 0.